The molecule has 0 saturated heterocycles. The van der Waals surface area contributed by atoms with Gasteiger partial charge >= 0.3 is 11.9 Å². The molecule has 0 aliphatic carbocycles. The van der Waals surface area contributed by atoms with E-state index in [1.807, 2.05) is 84.9 Å². The summed E-state index contributed by atoms with van der Waals surface area (Å²) >= 11 is 0. The van der Waals surface area contributed by atoms with Crippen LogP contribution in [0.1, 0.15) is 77.2 Å². The summed E-state index contributed by atoms with van der Waals surface area (Å²) in [5, 5.41) is 3.38. The monoisotopic (exact) mass is 467 g/mol. The van der Waals surface area contributed by atoms with Crippen molar-refractivity contribution in [3.05, 3.63) is 71.8 Å². The van der Waals surface area contributed by atoms with Crippen molar-refractivity contribution in [3.63, 3.8) is 0 Å². The van der Waals surface area contributed by atoms with Crippen molar-refractivity contribution in [2.75, 3.05) is 0 Å². The van der Waals surface area contributed by atoms with E-state index in [0.29, 0.717) is 18.5 Å². The van der Waals surface area contributed by atoms with Crippen LogP contribution in [0.4, 0.5) is 0 Å². The molecule has 186 valence electrons. The number of benzene rings is 2. The molecule has 0 heterocycles. The third-order valence-electron chi connectivity index (χ3n) is 5.86. The van der Waals surface area contributed by atoms with Gasteiger partial charge in [-0.05, 0) is 35.4 Å². The highest BCUT2D eigenvalue weighted by molar-refractivity contribution is 5.89. The quantitative estimate of drug-likeness (QED) is 0.423. The maximum atomic E-state index is 12.8. The second kappa shape index (κ2) is 12.2. The van der Waals surface area contributed by atoms with Crippen molar-refractivity contribution in [2.45, 2.75) is 86.1 Å². The van der Waals surface area contributed by atoms with Crippen LogP contribution in [0.15, 0.2) is 60.7 Å². The zero-order valence-corrected chi connectivity index (χ0v) is 21.8. The fourth-order valence-corrected chi connectivity index (χ4v) is 3.54. The summed E-state index contributed by atoms with van der Waals surface area (Å²) in [6, 6.07) is 19.0. The lowest BCUT2D eigenvalue weighted by Crippen LogP contribution is -2.41. The molecule has 0 saturated carbocycles. The lowest BCUT2D eigenvalue weighted by Gasteiger charge is -2.37. The molecular formula is C29H41NO4. The number of esters is 2. The molecule has 1 N–H and O–H groups in total. The summed E-state index contributed by atoms with van der Waals surface area (Å²) in [6.07, 6.45) is -0.105. The van der Waals surface area contributed by atoms with Gasteiger partial charge in [-0.25, -0.2) is 4.79 Å². The Bertz CT molecular complexity index is 897. The Labute approximate surface area is 205 Å². The smallest absolute Gasteiger partial charge is 0.338 e. The Kier molecular flexibility index (Phi) is 9.87. The Morgan fingerprint density at radius 3 is 1.82 bits per heavy atom. The van der Waals surface area contributed by atoms with E-state index in [-0.39, 0.29) is 35.2 Å². The molecule has 2 aromatic carbocycles. The number of carbonyl (C=O) groups excluding carboxylic acids is 2. The van der Waals surface area contributed by atoms with E-state index in [9.17, 15) is 9.59 Å². The molecule has 2 rings (SSSR count). The summed E-state index contributed by atoms with van der Waals surface area (Å²) in [6.45, 7) is 14.9. The van der Waals surface area contributed by atoms with E-state index in [1.54, 1.807) is 12.1 Å². The lowest BCUT2D eigenvalue weighted by molar-refractivity contribution is -0.158. The molecule has 0 aromatic heterocycles. The van der Waals surface area contributed by atoms with Crippen LogP contribution in [0.3, 0.4) is 0 Å². The molecule has 0 fully saturated rings. The van der Waals surface area contributed by atoms with E-state index < -0.39 is 12.2 Å². The third kappa shape index (κ3) is 9.30. The minimum absolute atomic E-state index is 0.0253. The van der Waals surface area contributed by atoms with Gasteiger partial charge in [0.2, 0.25) is 0 Å². The standard InChI is InChI=1S/C29H41NO4/c1-21(30-20-22-14-10-8-11-15-22)18-26(31)33-24(28(2,3)4)19-25(29(5,6)7)34-27(32)23-16-12-9-13-17-23/h8-17,21,24-25,30H,18-20H2,1-7H3/t21-,24?,25?/m0/s1. The minimum Gasteiger partial charge on any atom is -0.462 e. The zero-order chi connectivity index (χ0) is 25.4. The summed E-state index contributed by atoms with van der Waals surface area (Å²) < 4.78 is 11.9. The molecule has 0 spiro atoms. The highest BCUT2D eigenvalue weighted by Crippen LogP contribution is 2.34. The van der Waals surface area contributed by atoms with Crippen molar-refractivity contribution in [1.82, 2.24) is 5.32 Å². The van der Waals surface area contributed by atoms with Crippen LogP contribution in [-0.2, 0) is 20.8 Å². The molecule has 3 atom stereocenters. The molecule has 0 radical (unpaired) electrons. The molecule has 0 aliphatic heterocycles. The first kappa shape index (κ1) is 27.6. The van der Waals surface area contributed by atoms with Gasteiger partial charge in [-0.3, -0.25) is 4.79 Å². The zero-order valence-electron chi connectivity index (χ0n) is 21.8. The Morgan fingerprint density at radius 2 is 1.29 bits per heavy atom. The number of rotatable bonds is 10. The van der Waals surface area contributed by atoms with E-state index >= 15 is 0 Å². The molecule has 2 aromatic rings. The topological polar surface area (TPSA) is 64.6 Å². The van der Waals surface area contributed by atoms with Gasteiger partial charge in [-0.1, -0.05) is 90.1 Å². The normalized spacial score (nSPS) is 14.7. The molecule has 5 nitrogen and oxygen atoms in total. The van der Waals surface area contributed by atoms with Crippen LogP contribution in [0, 0.1) is 10.8 Å². The van der Waals surface area contributed by atoms with Crippen LogP contribution < -0.4 is 5.32 Å². The first-order chi connectivity index (χ1) is 15.9. The van der Waals surface area contributed by atoms with E-state index in [2.05, 4.69) is 17.4 Å². The van der Waals surface area contributed by atoms with Crippen LogP contribution in [0.2, 0.25) is 0 Å². The Balaban J connectivity index is 2.01. The van der Waals surface area contributed by atoms with Gasteiger partial charge < -0.3 is 14.8 Å². The van der Waals surface area contributed by atoms with Gasteiger partial charge in [0.25, 0.3) is 0 Å². The van der Waals surface area contributed by atoms with E-state index in [1.165, 1.54) is 5.56 Å². The minimum atomic E-state index is -0.411. The van der Waals surface area contributed by atoms with Gasteiger partial charge in [-0.2, -0.15) is 0 Å². The Morgan fingerprint density at radius 1 is 0.794 bits per heavy atom. The number of nitrogens with one attached hydrogen (secondary N) is 1. The summed E-state index contributed by atoms with van der Waals surface area (Å²) in [5.41, 5.74) is 1.06. The molecule has 2 unspecified atom stereocenters. The lowest BCUT2D eigenvalue weighted by atomic mass is 9.79. The van der Waals surface area contributed by atoms with Crippen LogP contribution in [0.5, 0.6) is 0 Å². The van der Waals surface area contributed by atoms with E-state index in [4.69, 9.17) is 9.47 Å². The van der Waals surface area contributed by atoms with Crippen LogP contribution in [-0.4, -0.2) is 30.2 Å². The van der Waals surface area contributed by atoms with Gasteiger partial charge in [0.05, 0.1) is 12.0 Å². The third-order valence-corrected chi connectivity index (χ3v) is 5.86. The average molecular weight is 468 g/mol. The largest absolute Gasteiger partial charge is 0.462 e. The number of hydrogen-bond donors (Lipinski definition) is 1. The van der Waals surface area contributed by atoms with Crippen molar-refractivity contribution in [2.24, 2.45) is 10.8 Å². The molecule has 0 bridgehead atoms. The Hall–Kier alpha value is -2.66. The van der Waals surface area contributed by atoms with Crippen molar-refractivity contribution < 1.29 is 19.1 Å². The summed E-state index contributed by atoms with van der Waals surface area (Å²) in [5.74, 6) is -0.617. The molecule has 0 aliphatic rings. The second-order valence-electron chi connectivity index (χ2n) is 11.2. The van der Waals surface area contributed by atoms with Crippen LogP contribution in [0.25, 0.3) is 0 Å². The van der Waals surface area contributed by atoms with Crippen LogP contribution >= 0.6 is 0 Å². The average Bonchev–Trinajstić information content (AvgIpc) is 2.76. The van der Waals surface area contributed by atoms with Gasteiger partial charge in [-0.15, -0.1) is 0 Å². The SMILES string of the molecule is C[C@@H](CC(=O)OC(CC(OC(=O)c1ccccc1)C(C)(C)C)C(C)(C)C)NCc1ccccc1. The van der Waals surface area contributed by atoms with Crippen molar-refractivity contribution in [1.29, 1.82) is 0 Å². The maximum Gasteiger partial charge on any atom is 0.338 e. The van der Waals surface area contributed by atoms with Gasteiger partial charge in [0, 0.05) is 19.0 Å². The number of hydrogen-bond acceptors (Lipinski definition) is 5. The second-order valence-corrected chi connectivity index (χ2v) is 11.2. The molecular weight excluding hydrogens is 426 g/mol. The van der Waals surface area contributed by atoms with E-state index in [0.717, 1.165) is 0 Å². The van der Waals surface area contributed by atoms with Crippen molar-refractivity contribution in [3.8, 4) is 0 Å². The first-order valence-corrected chi connectivity index (χ1v) is 12.1. The van der Waals surface area contributed by atoms with Gasteiger partial charge in [0.15, 0.2) is 0 Å². The van der Waals surface area contributed by atoms with Gasteiger partial charge in [0.1, 0.15) is 12.2 Å². The molecule has 5 heteroatoms. The fraction of sp³-hybridized carbons (Fsp3) is 0.517. The number of ether oxygens (including phenoxy) is 2. The number of carbonyl (C=O) groups is 2. The summed E-state index contributed by atoms with van der Waals surface area (Å²) in [7, 11) is 0. The highest BCUT2D eigenvalue weighted by atomic mass is 16.6. The molecule has 0 amide bonds. The predicted molar refractivity (Wildman–Crippen MR) is 136 cm³/mol. The molecule has 34 heavy (non-hydrogen) atoms. The van der Waals surface area contributed by atoms with Crippen molar-refractivity contribution >= 4 is 11.9 Å². The maximum absolute atomic E-state index is 12.8. The first-order valence-electron chi connectivity index (χ1n) is 12.1. The fourth-order valence-electron chi connectivity index (χ4n) is 3.54. The predicted octanol–water partition coefficient (Wildman–Crippen LogP) is 6.17. The highest BCUT2D eigenvalue weighted by Gasteiger charge is 2.37. The summed E-state index contributed by atoms with van der Waals surface area (Å²) in [4.78, 5) is 25.6.